The van der Waals surface area contributed by atoms with E-state index in [1.54, 1.807) is 30.3 Å². The topological polar surface area (TPSA) is 84.9 Å². The average molecular weight is 471 g/mol. The van der Waals surface area contributed by atoms with E-state index in [2.05, 4.69) is 12.2 Å². The third kappa shape index (κ3) is 6.14. The van der Waals surface area contributed by atoms with Crippen molar-refractivity contribution >= 4 is 41.2 Å². The van der Waals surface area contributed by atoms with Crippen molar-refractivity contribution < 1.29 is 23.9 Å². The van der Waals surface area contributed by atoms with Gasteiger partial charge in [-0.05, 0) is 61.4 Å². The number of hydrogen-bond acceptors (Lipinski definition) is 5. The van der Waals surface area contributed by atoms with Crippen LogP contribution in [0.2, 0.25) is 5.02 Å². The van der Waals surface area contributed by atoms with Crippen LogP contribution in [-0.4, -0.2) is 31.1 Å². The quantitative estimate of drug-likeness (QED) is 0.287. The number of carbonyl (C=O) groups excluding carboxylic acids is 3. The van der Waals surface area contributed by atoms with Crippen LogP contribution in [0, 0.1) is 0 Å². The lowest BCUT2D eigenvalue weighted by Gasteiger charge is -2.26. The second-order valence-corrected chi connectivity index (χ2v) is 7.92. The molecule has 1 N–H and O–H groups in total. The van der Waals surface area contributed by atoms with Gasteiger partial charge >= 0.3 is 6.03 Å². The lowest BCUT2D eigenvalue weighted by Crippen LogP contribution is -2.54. The molecule has 2 aromatic carbocycles. The number of unbranched alkanes of at least 4 members (excludes halogenated alkanes) is 3. The number of carbonyl (C=O) groups is 3. The Bertz CT molecular complexity index is 1050. The number of hydrogen-bond donors (Lipinski definition) is 1. The van der Waals surface area contributed by atoms with Crippen molar-refractivity contribution in [1.82, 2.24) is 5.32 Å². The third-order valence-electron chi connectivity index (χ3n) is 5.02. The van der Waals surface area contributed by atoms with Crippen LogP contribution in [0.15, 0.2) is 48.0 Å². The van der Waals surface area contributed by atoms with Gasteiger partial charge < -0.3 is 9.47 Å². The zero-order valence-electron chi connectivity index (χ0n) is 18.7. The van der Waals surface area contributed by atoms with E-state index in [0.717, 1.165) is 24.2 Å². The number of halogens is 1. The van der Waals surface area contributed by atoms with Crippen LogP contribution in [0.25, 0.3) is 6.08 Å². The first-order valence-electron chi connectivity index (χ1n) is 11.0. The summed E-state index contributed by atoms with van der Waals surface area (Å²) in [6, 6.07) is 10.6. The molecule has 3 rings (SSSR count). The average Bonchev–Trinajstić information content (AvgIpc) is 2.79. The summed E-state index contributed by atoms with van der Waals surface area (Å²) in [5.74, 6) is -0.353. The highest BCUT2D eigenvalue weighted by Crippen LogP contribution is 2.30. The van der Waals surface area contributed by atoms with Gasteiger partial charge in [-0.15, -0.1) is 0 Å². The van der Waals surface area contributed by atoms with Gasteiger partial charge in [-0.3, -0.25) is 14.9 Å². The summed E-state index contributed by atoms with van der Waals surface area (Å²) >= 11 is 5.90. The van der Waals surface area contributed by atoms with Crippen LogP contribution >= 0.6 is 11.6 Å². The molecular weight excluding hydrogens is 444 g/mol. The van der Waals surface area contributed by atoms with Crippen molar-refractivity contribution in [3.63, 3.8) is 0 Å². The molecular formula is C25H27ClN2O5. The van der Waals surface area contributed by atoms with E-state index in [-0.39, 0.29) is 5.57 Å². The number of amides is 4. The first-order chi connectivity index (χ1) is 15.9. The van der Waals surface area contributed by atoms with Gasteiger partial charge in [0.05, 0.1) is 18.9 Å². The number of imide groups is 2. The van der Waals surface area contributed by atoms with Crippen LogP contribution in [0.5, 0.6) is 11.5 Å². The maximum Gasteiger partial charge on any atom is 0.335 e. The van der Waals surface area contributed by atoms with Crippen LogP contribution in [0.3, 0.4) is 0 Å². The van der Waals surface area contributed by atoms with E-state index in [4.69, 9.17) is 21.1 Å². The van der Waals surface area contributed by atoms with Gasteiger partial charge in [-0.2, -0.15) is 0 Å². The molecule has 7 nitrogen and oxygen atoms in total. The Morgan fingerprint density at radius 1 is 0.939 bits per heavy atom. The molecule has 0 aliphatic carbocycles. The SMILES string of the molecule is CCCCCCOc1ccc(C=C2C(=O)NC(=O)N(c3ccc(Cl)cc3)C2=O)cc1OCC. The van der Waals surface area contributed by atoms with Crippen molar-refractivity contribution in [3.05, 3.63) is 58.6 Å². The first-order valence-corrected chi connectivity index (χ1v) is 11.4. The van der Waals surface area contributed by atoms with Gasteiger partial charge in [0, 0.05) is 5.02 Å². The molecule has 4 amide bonds. The molecule has 0 saturated carbocycles. The van der Waals surface area contributed by atoms with E-state index in [9.17, 15) is 14.4 Å². The lowest BCUT2D eigenvalue weighted by atomic mass is 10.1. The zero-order valence-corrected chi connectivity index (χ0v) is 19.5. The van der Waals surface area contributed by atoms with E-state index < -0.39 is 17.8 Å². The van der Waals surface area contributed by atoms with Crippen LogP contribution in [0.1, 0.15) is 45.1 Å². The van der Waals surface area contributed by atoms with E-state index in [1.807, 2.05) is 6.92 Å². The number of barbiturate groups is 1. The van der Waals surface area contributed by atoms with Gasteiger partial charge in [-0.25, -0.2) is 9.69 Å². The van der Waals surface area contributed by atoms with Crippen molar-refractivity contribution in [3.8, 4) is 11.5 Å². The molecule has 1 aliphatic heterocycles. The molecule has 1 aliphatic rings. The standard InChI is InChI=1S/C25H27ClN2O5/c1-3-5-6-7-14-33-21-13-8-17(16-22(21)32-4-2)15-20-23(29)27-25(31)28(24(20)30)19-11-9-18(26)10-12-19/h8-13,15-16H,3-7,14H2,1-2H3,(H,27,29,31). The minimum absolute atomic E-state index is 0.166. The molecule has 174 valence electrons. The van der Waals surface area contributed by atoms with Crippen LogP contribution in [0.4, 0.5) is 10.5 Å². The summed E-state index contributed by atoms with van der Waals surface area (Å²) in [4.78, 5) is 38.7. The van der Waals surface area contributed by atoms with E-state index in [1.165, 1.54) is 24.6 Å². The smallest absolute Gasteiger partial charge is 0.335 e. The molecule has 0 aromatic heterocycles. The molecule has 0 spiro atoms. The number of rotatable bonds is 10. The Morgan fingerprint density at radius 3 is 2.39 bits per heavy atom. The van der Waals surface area contributed by atoms with E-state index >= 15 is 0 Å². The summed E-state index contributed by atoms with van der Waals surface area (Å²) in [5.41, 5.74) is 0.711. The zero-order chi connectivity index (χ0) is 23.8. The minimum atomic E-state index is -0.814. The fraction of sp³-hybridized carbons (Fsp3) is 0.320. The van der Waals surface area contributed by atoms with Gasteiger partial charge in [0.15, 0.2) is 11.5 Å². The number of anilines is 1. The Balaban J connectivity index is 1.84. The van der Waals surface area contributed by atoms with Gasteiger partial charge in [-0.1, -0.05) is 43.9 Å². The Morgan fingerprint density at radius 2 is 1.70 bits per heavy atom. The normalized spacial score (nSPS) is 15.1. The number of urea groups is 1. The molecule has 2 aromatic rings. The second kappa shape index (κ2) is 11.5. The van der Waals surface area contributed by atoms with Crippen molar-refractivity contribution in [1.29, 1.82) is 0 Å². The molecule has 1 saturated heterocycles. The maximum absolute atomic E-state index is 13.0. The summed E-state index contributed by atoms with van der Waals surface area (Å²) in [7, 11) is 0. The summed E-state index contributed by atoms with van der Waals surface area (Å²) in [6.07, 6.45) is 5.81. The van der Waals surface area contributed by atoms with Gasteiger partial charge in [0.2, 0.25) is 0 Å². The molecule has 8 heteroatoms. The highest BCUT2D eigenvalue weighted by Gasteiger charge is 2.36. The monoisotopic (exact) mass is 470 g/mol. The van der Waals surface area contributed by atoms with Gasteiger partial charge in [0.25, 0.3) is 11.8 Å². The predicted molar refractivity (Wildman–Crippen MR) is 128 cm³/mol. The lowest BCUT2D eigenvalue weighted by molar-refractivity contribution is -0.122. The fourth-order valence-electron chi connectivity index (χ4n) is 3.36. The largest absolute Gasteiger partial charge is 0.490 e. The summed E-state index contributed by atoms with van der Waals surface area (Å²) in [6.45, 7) is 5.04. The molecule has 1 heterocycles. The minimum Gasteiger partial charge on any atom is -0.490 e. The molecule has 1 fully saturated rings. The number of benzene rings is 2. The maximum atomic E-state index is 13.0. The Kier molecular flexibility index (Phi) is 8.49. The molecule has 0 atom stereocenters. The van der Waals surface area contributed by atoms with Crippen LogP contribution in [-0.2, 0) is 9.59 Å². The van der Waals surface area contributed by atoms with Gasteiger partial charge in [0.1, 0.15) is 5.57 Å². The molecule has 0 radical (unpaired) electrons. The number of ether oxygens (including phenoxy) is 2. The number of nitrogens with one attached hydrogen (secondary N) is 1. The molecule has 0 unspecified atom stereocenters. The fourth-order valence-corrected chi connectivity index (χ4v) is 3.49. The first kappa shape index (κ1) is 24.3. The second-order valence-electron chi connectivity index (χ2n) is 7.48. The Hall–Kier alpha value is -3.32. The van der Waals surface area contributed by atoms with Crippen LogP contribution < -0.4 is 19.7 Å². The van der Waals surface area contributed by atoms with Crippen molar-refractivity contribution in [2.45, 2.75) is 39.5 Å². The highest BCUT2D eigenvalue weighted by atomic mass is 35.5. The number of nitrogens with zero attached hydrogens (tertiary/aromatic N) is 1. The summed E-state index contributed by atoms with van der Waals surface area (Å²) < 4.78 is 11.6. The Labute approximate surface area is 198 Å². The van der Waals surface area contributed by atoms with E-state index in [0.29, 0.717) is 41.0 Å². The summed E-state index contributed by atoms with van der Waals surface area (Å²) in [5, 5.41) is 2.67. The highest BCUT2D eigenvalue weighted by molar-refractivity contribution is 6.39. The molecule has 0 bridgehead atoms. The third-order valence-corrected chi connectivity index (χ3v) is 5.27. The van der Waals surface area contributed by atoms with Crippen molar-refractivity contribution in [2.24, 2.45) is 0 Å². The van der Waals surface area contributed by atoms with Crippen molar-refractivity contribution in [2.75, 3.05) is 18.1 Å². The predicted octanol–water partition coefficient (Wildman–Crippen LogP) is 5.36. The molecule has 33 heavy (non-hydrogen) atoms.